The van der Waals surface area contributed by atoms with E-state index in [2.05, 4.69) is 20.4 Å². The van der Waals surface area contributed by atoms with E-state index in [-0.39, 0.29) is 11.8 Å². The van der Waals surface area contributed by atoms with Crippen LogP contribution in [0.25, 0.3) is 5.95 Å². The van der Waals surface area contributed by atoms with Crippen LogP contribution < -0.4 is 11.1 Å². The number of nitrogens with one attached hydrogen (secondary N) is 1. The molecule has 7 heteroatoms. The second kappa shape index (κ2) is 6.94. The third-order valence-corrected chi connectivity index (χ3v) is 2.94. The number of hydrogen-bond acceptors (Lipinski definition) is 5. The first-order valence-electron chi connectivity index (χ1n) is 6.99. The average molecular weight is 288 g/mol. The van der Waals surface area contributed by atoms with Gasteiger partial charge >= 0.3 is 0 Å². The summed E-state index contributed by atoms with van der Waals surface area (Å²) in [7, 11) is 0. The number of nitrogens with zero attached hydrogens (tertiary/aromatic N) is 4. The number of rotatable bonds is 6. The largest absolute Gasteiger partial charge is 0.330 e. The van der Waals surface area contributed by atoms with Gasteiger partial charge in [-0.25, -0.2) is 9.97 Å². The van der Waals surface area contributed by atoms with Crippen molar-refractivity contribution in [2.45, 2.75) is 32.6 Å². The normalized spacial score (nSPS) is 10.9. The third kappa shape index (κ3) is 3.85. The zero-order valence-corrected chi connectivity index (χ0v) is 12.3. The summed E-state index contributed by atoms with van der Waals surface area (Å²) in [6, 6.07) is 3.58. The minimum absolute atomic E-state index is 0.0900. The lowest BCUT2D eigenvalue weighted by molar-refractivity contribution is -0.116. The lowest BCUT2D eigenvalue weighted by Gasteiger charge is -2.06. The van der Waals surface area contributed by atoms with Crippen molar-refractivity contribution in [3.63, 3.8) is 0 Å². The monoisotopic (exact) mass is 288 g/mol. The predicted molar refractivity (Wildman–Crippen MR) is 80.2 cm³/mol. The molecule has 0 aliphatic carbocycles. The van der Waals surface area contributed by atoms with Crippen LogP contribution in [-0.2, 0) is 4.79 Å². The quantitative estimate of drug-likeness (QED) is 0.838. The Balaban J connectivity index is 2.28. The first-order chi connectivity index (χ1) is 10.1. The summed E-state index contributed by atoms with van der Waals surface area (Å²) < 4.78 is 1.55. The molecule has 0 aliphatic heterocycles. The lowest BCUT2D eigenvalue weighted by atomic mass is 10.1. The fourth-order valence-electron chi connectivity index (χ4n) is 1.79. The molecule has 1 amide bonds. The molecule has 0 aliphatic rings. The van der Waals surface area contributed by atoms with Crippen LogP contribution in [0, 0.1) is 0 Å². The van der Waals surface area contributed by atoms with E-state index in [4.69, 9.17) is 5.73 Å². The van der Waals surface area contributed by atoms with Gasteiger partial charge in [-0.1, -0.05) is 13.8 Å². The van der Waals surface area contributed by atoms with Crippen LogP contribution in [0.4, 0.5) is 5.82 Å². The van der Waals surface area contributed by atoms with Crippen molar-refractivity contribution >= 4 is 11.7 Å². The molecule has 7 nitrogen and oxygen atoms in total. The van der Waals surface area contributed by atoms with Crippen LogP contribution in [0.3, 0.4) is 0 Å². The Morgan fingerprint density at radius 1 is 1.38 bits per heavy atom. The fourth-order valence-corrected chi connectivity index (χ4v) is 1.79. The van der Waals surface area contributed by atoms with Gasteiger partial charge in [0.25, 0.3) is 5.95 Å². The van der Waals surface area contributed by atoms with E-state index < -0.39 is 0 Å². The molecule has 0 saturated heterocycles. The average Bonchev–Trinajstić information content (AvgIpc) is 2.90. The van der Waals surface area contributed by atoms with Crippen LogP contribution in [0.5, 0.6) is 0 Å². The standard InChI is InChI=1S/C14H20N6O/c1-10(2)11-9-12(18-13(21)5-3-6-15)20(19-11)14-16-7-4-8-17-14/h4,7-10H,3,5-6,15H2,1-2H3,(H,18,21). The number of carbonyl (C=O) groups is 1. The molecule has 0 saturated carbocycles. The Kier molecular flexibility index (Phi) is 4.99. The minimum atomic E-state index is -0.0900. The lowest BCUT2D eigenvalue weighted by Crippen LogP contribution is -2.16. The second-order valence-corrected chi connectivity index (χ2v) is 5.01. The van der Waals surface area contributed by atoms with Crippen molar-refractivity contribution < 1.29 is 4.79 Å². The topological polar surface area (TPSA) is 98.7 Å². The Morgan fingerprint density at radius 2 is 2.10 bits per heavy atom. The van der Waals surface area contributed by atoms with E-state index in [1.54, 1.807) is 23.1 Å². The molecule has 112 valence electrons. The molecule has 0 unspecified atom stereocenters. The molecule has 2 aromatic heterocycles. The third-order valence-electron chi connectivity index (χ3n) is 2.94. The number of amides is 1. The molecule has 2 aromatic rings. The molecule has 0 spiro atoms. The molecular formula is C14H20N6O. The molecule has 2 heterocycles. The van der Waals surface area contributed by atoms with Gasteiger partial charge in [0.15, 0.2) is 0 Å². The van der Waals surface area contributed by atoms with Crippen LogP contribution in [0.2, 0.25) is 0 Å². The van der Waals surface area contributed by atoms with E-state index >= 15 is 0 Å². The van der Waals surface area contributed by atoms with Gasteiger partial charge in [-0.15, -0.1) is 0 Å². The summed E-state index contributed by atoms with van der Waals surface area (Å²) in [6.07, 6.45) is 4.31. The highest BCUT2D eigenvalue weighted by Crippen LogP contribution is 2.20. The molecule has 21 heavy (non-hydrogen) atoms. The summed E-state index contributed by atoms with van der Waals surface area (Å²) in [5.41, 5.74) is 6.29. The van der Waals surface area contributed by atoms with Gasteiger partial charge in [0.1, 0.15) is 5.82 Å². The predicted octanol–water partition coefficient (Wildman–Crippen LogP) is 1.46. The van der Waals surface area contributed by atoms with E-state index in [1.165, 1.54) is 0 Å². The molecule has 0 aromatic carbocycles. The van der Waals surface area contributed by atoms with Gasteiger partial charge < -0.3 is 11.1 Å². The molecule has 0 atom stereocenters. The molecular weight excluding hydrogens is 268 g/mol. The van der Waals surface area contributed by atoms with Crippen molar-refractivity contribution in [1.82, 2.24) is 19.7 Å². The van der Waals surface area contributed by atoms with Crippen molar-refractivity contribution in [1.29, 1.82) is 0 Å². The molecule has 3 N–H and O–H groups in total. The SMILES string of the molecule is CC(C)c1cc(NC(=O)CCCN)n(-c2ncccn2)n1. The summed E-state index contributed by atoms with van der Waals surface area (Å²) in [6.45, 7) is 4.57. The first kappa shape index (κ1) is 15.1. The van der Waals surface area contributed by atoms with Crippen LogP contribution in [-0.4, -0.2) is 32.2 Å². The fraction of sp³-hybridized carbons (Fsp3) is 0.429. The van der Waals surface area contributed by atoms with Crippen LogP contribution in [0.1, 0.15) is 38.3 Å². The van der Waals surface area contributed by atoms with E-state index in [9.17, 15) is 4.79 Å². The maximum atomic E-state index is 11.9. The number of hydrogen-bond donors (Lipinski definition) is 2. The van der Waals surface area contributed by atoms with Gasteiger partial charge in [-0.2, -0.15) is 9.78 Å². The minimum Gasteiger partial charge on any atom is -0.330 e. The maximum absolute atomic E-state index is 11.9. The second-order valence-electron chi connectivity index (χ2n) is 5.01. The van der Waals surface area contributed by atoms with Crippen molar-refractivity contribution in [3.05, 3.63) is 30.2 Å². The zero-order valence-electron chi connectivity index (χ0n) is 12.3. The van der Waals surface area contributed by atoms with Crippen LogP contribution >= 0.6 is 0 Å². The summed E-state index contributed by atoms with van der Waals surface area (Å²) >= 11 is 0. The number of aromatic nitrogens is 4. The first-order valence-corrected chi connectivity index (χ1v) is 6.99. The van der Waals surface area contributed by atoms with E-state index in [0.717, 1.165) is 5.69 Å². The zero-order chi connectivity index (χ0) is 15.2. The van der Waals surface area contributed by atoms with E-state index in [0.29, 0.717) is 31.2 Å². The Morgan fingerprint density at radius 3 is 2.71 bits per heavy atom. The van der Waals surface area contributed by atoms with Crippen molar-refractivity contribution in [3.8, 4) is 5.95 Å². The van der Waals surface area contributed by atoms with Crippen LogP contribution in [0.15, 0.2) is 24.5 Å². The van der Waals surface area contributed by atoms with Gasteiger partial charge in [0.05, 0.1) is 5.69 Å². The number of carbonyl (C=O) groups excluding carboxylic acids is 1. The Hall–Kier alpha value is -2.28. The van der Waals surface area contributed by atoms with Gasteiger partial charge in [0.2, 0.25) is 5.91 Å². The Labute approximate surface area is 123 Å². The highest BCUT2D eigenvalue weighted by molar-refractivity contribution is 5.90. The Bertz CT molecular complexity index is 593. The van der Waals surface area contributed by atoms with E-state index in [1.807, 2.05) is 19.9 Å². The van der Waals surface area contributed by atoms with Gasteiger partial charge in [-0.3, -0.25) is 4.79 Å². The molecule has 0 fully saturated rings. The smallest absolute Gasteiger partial charge is 0.252 e. The van der Waals surface area contributed by atoms with Crippen molar-refractivity contribution in [2.75, 3.05) is 11.9 Å². The maximum Gasteiger partial charge on any atom is 0.252 e. The van der Waals surface area contributed by atoms with Gasteiger partial charge in [-0.05, 0) is 24.9 Å². The highest BCUT2D eigenvalue weighted by Gasteiger charge is 2.15. The van der Waals surface area contributed by atoms with Gasteiger partial charge in [0, 0.05) is 24.9 Å². The summed E-state index contributed by atoms with van der Waals surface area (Å²) in [5, 5.41) is 7.31. The van der Waals surface area contributed by atoms with Crippen molar-refractivity contribution in [2.24, 2.45) is 5.73 Å². The summed E-state index contributed by atoms with van der Waals surface area (Å²) in [5.74, 6) is 1.16. The number of nitrogens with two attached hydrogens (primary N) is 1. The molecule has 0 bridgehead atoms. The summed E-state index contributed by atoms with van der Waals surface area (Å²) in [4.78, 5) is 20.2. The molecule has 2 rings (SSSR count). The highest BCUT2D eigenvalue weighted by atomic mass is 16.1. The molecule has 0 radical (unpaired) electrons. The number of anilines is 1.